The summed E-state index contributed by atoms with van der Waals surface area (Å²) < 4.78 is 12.9. The van der Waals surface area contributed by atoms with Gasteiger partial charge >= 0.3 is 5.69 Å². The maximum Gasteiger partial charge on any atom is 0.325 e. The lowest BCUT2D eigenvalue weighted by atomic mass is 10.2. The summed E-state index contributed by atoms with van der Waals surface area (Å²) >= 11 is 1.25. The zero-order valence-electron chi connectivity index (χ0n) is 18.7. The molecule has 3 N–H and O–H groups in total. The molecule has 4 rings (SSSR count). The van der Waals surface area contributed by atoms with Gasteiger partial charge in [-0.05, 0) is 44.0 Å². The maximum atomic E-state index is 12.4. The number of rotatable bonds is 10. The fourth-order valence-corrected chi connectivity index (χ4v) is 4.43. The van der Waals surface area contributed by atoms with Crippen molar-refractivity contribution < 1.29 is 14.3 Å². The number of aromatic nitrogens is 5. The minimum absolute atomic E-state index is 0.0734. The Balaban J connectivity index is 1.54. The number of H-pyrrole nitrogens is 2. The van der Waals surface area contributed by atoms with Crippen LogP contribution >= 0.6 is 11.8 Å². The van der Waals surface area contributed by atoms with Crippen molar-refractivity contribution in [2.75, 3.05) is 25.5 Å². The van der Waals surface area contributed by atoms with Crippen LogP contribution in [0.25, 0.3) is 5.69 Å². The zero-order valence-corrected chi connectivity index (χ0v) is 19.5. The third-order valence-corrected chi connectivity index (χ3v) is 6.08. The van der Waals surface area contributed by atoms with E-state index in [1.54, 1.807) is 4.57 Å². The molecule has 1 aliphatic heterocycles. The van der Waals surface area contributed by atoms with E-state index < -0.39 is 11.2 Å². The Morgan fingerprint density at radius 3 is 2.79 bits per heavy atom. The zero-order chi connectivity index (χ0) is 23.9. The van der Waals surface area contributed by atoms with Crippen LogP contribution in [0.15, 0.2) is 45.1 Å². The van der Waals surface area contributed by atoms with E-state index in [1.807, 2.05) is 31.2 Å². The van der Waals surface area contributed by atoms with Crippen molar-refractivity contribution in [2.45, 2.75) is 37.4 Å². The Labute approximate surface area is 199 Å². The van der Waals surface area contributed by atoms with Crippen LogP contribution in [0, 0.1) is 0 Å². The Morgan fingerprint density at radius 2 is 2.09 bits per heavy atom. The quantitative estimate of drug-likeness (QED) is 0.360. The summed E-state index contributed by atoms with van der Waals surface area (Å²) in [5.41, 5.74) is 0.0765. The first-order chi connectivity index (χ1) is 16.5. The van der Waals surface area contributed by atoms with Gasteiger partial charge in [0.05, 0.1) is 18.5 Å². The molecule has 0 saturated carbocycles. The Bertz CT molecular complexity index is 1200. The van der Waals surface area contributed by atoms with E-state index in [-0.39, 0.29) is 24.2 Å². The lowest BCUT2D eigenvalue weighted by Crippen LogP contribution is -2.32. The molecule has 1 atom stereocenters. The second-order valence-corrected chi connectivity index (χ2v) is 8.62. The summed E-state index contributed by atoms with van der Waals surface area (Å²) in [4.78, 5) is 40.5. The average molecular weight is 487 g/mol. The number of hydrogen-bond acceptors (Lipinski definition) is 8. The molecule has 1 amide bonds. The van der Waals surface area contributed by atoms with Crippen LogP contribution in [0.4, 0.5) is 0 Å². The number of nitrogens with zero attached hydrogens (tertiary/aromatic N) is 3. The monoisotopic (exact) mass is 486 g/mol. The van der Waals surface area contributed by atoms with Crippen LogP contribution in [-0.2, 0) is 16.0 Å². The summed E-state index contributed by atoms with van der Waals surface area (Å²) in [6.07, 6.45) is 2.21. The molecule has 11 nitrogen and oxygen atoms in total. The van der Waals surface area contributed by atoms with Crippen molar-refractivity contribution in [1.29, 1.82) is 0 Å². The first-order valence-corrected chi connectivity index (χ1v) is 12.0. The second-order valence-electron chi connectivity index (χ2n) is 7.68. The molecular formula is C22H26N6O5S. The third kappa shape index (κ3) is 6.14. The van der Waals surface area contributed by atoms with Crippen LogP contribution in [0.3, 0.4) is 0 Å². The Kier molecular flexibility index (Phi) is 7.80. The molecular weight excluding hydrogens is 460 g/mol. The number of carbonyl (C=O) groups is 1. The molecule has 0 aliphatic carbocycles. The van der Waals surface area contributed by atoms with Gasteiger partial charge in [-0.1, -0.05) is 11.8 Å². The van der Waals surface area contributed by atoms with Crippen molar-refractivity contribution in [3.05, 3.63) is 62.7 Å². The van der Waals surface area contributed by atoms with Gasteiger partial charge in [0, 0.05) is 37.0 Å². The maximum absolute atomic E-state index is 12.4. The molecule has 1 aliphatic rings. The number of hydrogen-bond donors (Lipinski definition) is 3. The van der Waals surface area contributed by atoms with Gasteiger partial charge in [0.25, 0.3) is 5.56 Å². The minimum Gasteiger partial charge on any atom is -0.494 e. The number of ether oxygens (including phenoxy) is 2. The molecule has 0 spiro atoms. The van der Waals surface area contributed by atoms with Crippen molar-refractivity contribution in [3.8, 4) is 11.4 Å². The molecule has 12 heteroatoms. The van der Waals surface area contributed by atoms with Gasteiger partial charge < -0.3 is 19.8 Å². The highest BCUT2D eigenvalue weighted by Crippen LogP contribution is 2.25. The third-order valence-electron chi connectivity index (χ3n) is 5.15. The lowest BCUT2D eigenvalue weighted by molar-refractivity contribution is -0.119. The van der Waals surface area contributed by atoms with Gasteiger partial charge in [0.1, 0.15) is 11.6 Å². The molecule has 1 unspecified atom stereocenters. The fourth-order valence-electron chi connectivity index (χ4n) is 3.62. The summed E-state index contributed by atoms with van der Waals surface area (Å²) in [6.45, 7) is 3.69. The highest BCUT2D eigenvalue weighted by Gasteiger charge is 2.19. The number of aromatic amines is 2. The van der Waals surface area contributed by atoms with E-state index in [4.69, 9.17) is 9.47 Å². The van der Waals surface area contributed by atoms with Gasteiger partial charge in [0.15, 0.2) is 5.16 Å². The van der Waals surface area contributed by atoms with Crippen molar-refractivity contribution >= 4 is 17.7 Å². The number of carbonyl (C=O) groups excluding carboxylic acids is 1. The minimum atomic E-state index is -0.591. The lowest BCUT2D eigenvalue weighted by Gasteiger charge is -2.12. The van der Waals surface area contributed by atoms with Gasteiger partial charge in [0.2, 0.25) is 5.91 Å². The molecule has 1 fully saturated rings. The van der Waals surface area contributed by atoms with Crippen molar-refractivity contribution in [1.82, 2.24) is 30.0 Å². The van der Waals surface area contributed by atoms with Crippen molar-refractivity contribution in [3.63, 3.8) is 0 Å². The second kappa shape index (κ2) is 11.2. The van der Waals surface area contributed by atoms with E-state index in [9.17, 15) is 14.4 Å². The van der Waals surface area contributed by atoms with Crippen LogP contribution in [0.2, 0.25) is 0 Å². The summed E-state index contributed by atoms with van der Waals surface area (Å²) in [5.74, 6) is 1.27. The van der Waals surface area contributed by atoms with Crippen molar-refractivity contribution in [2.24, 2.45) is 0 Å². The molecule has 1 aromatic carbocycles. The number of amides is 1. The molecule has 34 heavy (non-hydrogen) atoms. The molecule has 0 radical (unpaired) electrons. The summed E-state index contributed by atoms with van der Waals surface area (Å²) in [7, 11) is 0. The van der Waals surface area contributed by atoms with Crippen LogP contribution in [-0.4, -0.2) is 62.3 Å². The van der Waals surface area contributed by atoms with Crippen LogP contribution in [0.1, 0.15) is 31.3 Å². The van der Waals surface area contributed by atoms with E-state index in [0.29, 0.717) is 29.8 Å². The van der Waals surface area contributed by atoms with Crippen LogP contribution in [0.5, 0.6) is 5.75 Å². The van der Waals surface area contributed by atoms with E-state index in [1.165, 1.54) is 17.8 Å². The molecule has 2 aromatic heterocycles. The Morgan fingerprint density at radius 1 is 1.26 bits per heavy atom. The SMILES string of the molecule is CCOc1ccc(-n2c(Cc3cc(=O)[nH]c(=O)[nH]3)nnc2SCC(=O)NCC2CCCO2)cc1. The average Bonchev–Trinajstić information content (AvgIpc) is 3.46. The first kappa shape index (κ1) is 23.8. The Hall–Kier alpha value is -3.38. The first-order valence-electron chi connectivity index (χ1n) is 11.0. The highest BCUT2D eigenvalue weighted by atomic mass is 32.2. The number of nitrogens with one attached hydrogen (secondary N) is 3. The topological polar surface area (TPSA) is 144 Å². The van der Waals surface area contributed by atoms with E-state index in [2.05, 4.69) is 25.5 Å². The normalized spacial score (nSPS) is 15.4. The molecule has 180 valence electrons. The standard InChI is InChI=1S/C22H26N6O5S/c1-2-32-16-7-5-15(6-8-16)28-18(10-14-11-19(29)25-21(31)24-14)26-27-22(28)34-13-20(30)23-12-17-4-3-9-33-17/h5-8,11,17H,2-4,9-10,12-13H2,1H3,(H,23,30)(H2,24,25,29,31). The van der Waals surface area contributed by atoms with Gasteiger partial charge in [-0.2, -0.15) is 0 Å². The van der Waals surface area contributed by atoms with Crippen LogP contribution < -0.4 is 21.3 Å². The summed E-state index contributed by atoms with van der Waals surface area (Å²) in [5, 5.41) is 11.9. The molecule has 0 bridgehead atoms. The predicted octanol–water partition coefficient (Wildman–Crippen LogP) is 1.02. The van der Waals surface area contributed by atoms with Gasteiger partial charge in [-0.25, -0.2) is 4.79 Å². The number of thioether (sulfide) groups is 1. The summed E-state index contributed by atoms with van der Waals surface area (Å²) in [6, 6.07) is 8.70. The smallest absolute Gasteiger partial charge is 0.325 e. The number of benzene rings is 1. The van der Waals surface area contributed by atoms with E-state index >= 15 is 0 Å². The highest BCUT2D eigenvalue weighted by molar-refractivity contribution is 7.99. The van der Waals surface area contributed by atoms with Gasteiger partial charge in [-0.3, -0.25) is 19.1 Å². The largest absolute Gasteiger partial charge is 0.494 e. The van der Waals surface area contributed by atoms with E-state index in [0.717, 1.165) is 30.9 Å². The molecule has 1 saturated heterocycles. The predicted molar refractivity (Wildman–Crippen MR) is 126 cm³/mol. The molecule has 3 heterocycles. The fraction of sp³-hybridized carbons (Fsp3) is 0.409. The van der Waals surface area contributed by atoms with Gasteiger partial charge in [-0.15, -0.1) is 10.2 Å². The molecule has 3 aromatic rings.